The molecule has 10 heteroatoms. The predicted octanol–water partition coefficient (Wildman–Crippen LogP) is 5.11. The van der Waals surface area contributed by atoms with E-state index in [0.717, 1.165) is 51.4 Å². The lowest BCUT2D eigenvalue weighted by Crippen LogP contribution is -2.51. The maximum atomic E-state index is 13.5. The van der Waals surface area contributed by atoms with Crippen molar-refractivity contribution in [1.82, 2.24) is 15.1 Å². The molecule has 2 aliphatic heterocycles. The molecule has 2 saturated heterocycles. The highest BCUT2D eigenvalue weighted by Crippen LogP contribution is 2.39. The molecule has 1 aromatic carbocycles. The molecule has 1 aromatic rings. The second-order valence-electron chi connectivity index (χ2n) is 10.7. The third-order valence-electron chi connectivity index (χ3n) is 7.94. The first-order valence-electron chi connectivity index (χ1n) is 13.1. The molecule has 3 aliphatic rings. The van der Waals surface area contributed by atoms with Crippen LogP contribution < -0.4 is 5.32 Å². The molecular weight excluding hydrogens is 507 g/mol. The largest absolute Gasteiger partial charge is 0.481 e. The number of halogens is 4. The number of alkyl halides is 3. The summed E-state index contributed by atoms with van der Waals surface area (Å²) in [6, 6.07) is 3.63. The first kappa shape index (κ1) is 27.9. The van der Waals surface area contributed by atoms with Gasteiger partial charge in [-0.3, -0.25) is 19.4 Å². The van der Waals surface area contributed by atoms with Crippen molar-refractivity contribution in [3.63, 3.8) is 0 Å². The highest BCUT2D eigenvalue weighted by Gasteiger charge is 2.47. The van der Waals surface area contributed by atoms with Crippen LogP contribution in [-0.4, -0.2) is 65.5 Å². The number of allylic oxidation sites excluding steroid dienone is 1. The molecule has 204 valence electrons. The zero-order chi connectivity index (χ0) is 26.6. The summed E-state index contributed by atoms with van der Waals surface area (Å²) in [6.45, 7) is 3.00. The van der Waals surface area contributed by atoms with Gasteiger partial charge in [0.25, 0.3) is 0 Å². The highest BCUT2D eigenvalue weighted by molar-refractivity contribution is 6.31. The van der Waals surface area contributed by atoms with Gasteiger partial charge in [-0.2, -0.15) is 13.2 Å². The minimum Gasteiger partial charge on any atom is -0.481 e. The van der Waals surface area contributed by atoms with Crippen molar-refractivity contribution >= 4 is 23.5 Å². The Balaban J connectivity index is 1.38. The molecule has 37 heavy (non-hydrogen) atoms. The monoisotopic (exact) mass is 541 g/mol. The number of carboxylic acid groups (broad SMARTS) is 1. The van der Waals surface area contributed by atoms with Crippen molar-refractivity contribution in [2.45, 2.75) is 70.1 Å². The normalized spacial score (nSPS) is 24.2. The van der Waals surface area contributed by atoms with Gasteiger partial charge < -0.3 is 10.4 Å². The van der Waals surface area contributed by atoms with Crippen LogP contribution in [0.15, 0.2) is 29.8 Å². The number of hydrogen-bond donors (Lipinski definition) is 2. The summed E-state index contributed by atoms with van der Waals surface area (Å²) in [5, 5.41) is 12.7. The number of benzene rings is 1. The van der Waals surface area contributed by atoms with Crippen LogP contribution in [0.25, 0.3) is 0 Å². The summed E-state index contributed by atoms with van der Waals surface area (Å²) < 4.78 is 40.6. The number of nitrogens with one attached hydrogen (secondary N) is 1. The van der Waals surface area contributed by atoms with Crippen LogP contribution in [0.2, 0.25) is 5.02 Å². The fourth-order valence-electron chi connectivity index (χ4n) is 5.91. The minimum atomic E-state index is -4.56. The van der Waals surface area contributed by atoms with Gasteiger partial charge in [0.1, 0.15) is 0 Å². The van der Waals surface area contributed by atoms with E-state index in [0.29, 0.717) is 6.54 Å². The Labute approximate surface area is 220 Å². The Hall–Kier alpha value is -2.10. The standard InChI is InChI=1S/C27H35ClF3N3O3/c28-23-8-4-7-22(27(29,30)31)21(23)17-34-14-11-26(18-34,15-24(35)36)25(37)32-20-9-12-33(13-10-20)16-19-5-2-1-3-6-19/h4-5,7-8,20H,1-3,6,9-18H2,(H,32,37)(H,35,36)/t26-/m1/s1. The second kappa shape index (κ2) is 11.7. The van der Waals surface area contributed by atoms with E-state index in [9.17, 15) is 27.9 Å². The molecule has 0 saturated carbocycles. The van der Waals surface area contributed by atoms with E-state index in [2.05, 4.69) is 16.3 Å². The maximum absolute atomic E-state index is 13.5. The Morgan fingerprint density at radius 1 is 1.11 bits per heavy atom. The Morgan fingerprint density at radius 3 is 2.51 bits per heavy atom. The lowest BCUT2D eigenvalue weighted by Gasteiger charge is -2.35. The van der Waals surface area contributed by atoms with Gasteiger partial charge >= 0.3 is 12.1 Å². The number of nitrogens with zero attached hydrogens (tertiary/aromatic N) is 2. The molecule has 1 aliphatic carbocycles. The maximum Gasteiger partial charge on any atom is 0.416 e. The molecule has 0 spiro atoms. The third-order valence-corrected chi connectivity index (χ3v) is 8.30. The Bertz CT molecular complexity index is 1020. The zero-order valence-electron chi connectivity index (χ0n) is 21.0. The zero-order valence-corrected chi connectivity index (χ0v) is 21.7. The van der Waals surface area contributed by atoms with Crippen molar-refractivity contribution < 1.29 is 27.9 Å². The van der Waals surface area contributed by atoms with Crippen molar-refractivity contribution in [3.05, 3.63) is 46.0 Å². The first-order chi connectivity index (χ1) is 17.6. The first-order valence-corrected chi connectivity index (χ1v) is 13.4. The quantitative estimate of drug-likeness (QED) is 0.448. The van der Waals surface area contributed by atoms with Crippen LogP contribution in [0.4, 0.5) is 13.2 Å². The lowest BCUT2D eigenvalue weighted by atomic mass is 9.82. The van der Waals surface area contributed by atoms with Crippen LogP contribution in [0.5, 0.6) is 0 Å². The minimum absolute atomic E-state index is 0.00533. The molecule has 1 atom stereocenters. The van der Waals surface area contributed by atoms with E-state index >= 15 is 0 Å². The lowest BCUT2D eigenvalue weighted by molar-refractivity contribution is -0.145. The molecule has 6 nitrogen and oxygen atoms in total. The summed E-state index contributed by atoms with van der Waals surface area (Å²) in [7, 11) is 0. The number of amides is 1. The van der Waals surface area contributed by atoms with E-state index in [4.69, 9.17) is 11.6 Å². The Morgan fingerprint density at radius 2 is 1.86 bits per heavy atom. The molecule has 2 N–H and O–H groups in total. The molecule has 0 unspecified atom stereocenters. The summed E-state index contributed by atoms with van der Waals surface area (Å²) in [4.78, 5) is 29.3. The van der Waals surface area contributed by atoms with Crippen LogP contribution in [-0.2, 0) is 22.3 Å². The summed E-state index contributed by atoms with van der Waals surface area (Å²) in [6.07, 6.45) is 4.09. The van der Waals surface area contributed by atoms with Gasteiger partial charge in [-0.25, -0.2) is 0 Å². The number of piperidine rings is 1. The summed E-state index contributed by atoms with van der Waals surface area (Å²) in [5.74, 6) is -1.41. The summed E-state index contributed by atoms with van der Waals surface area (Å²) >= 11 is 6.13. The average molecular weight is 542 g/mol. The SMILES string of the molecule is O=C(O)C[C@]1(C(=O)NC2CCN(CC3=CCCCC3)CC2)CCN(Cc2c(Cl)cccc2C(F)(F)F)C1. The van der Waals surface area contributed by atoms with Crippen LogP contribution >= 0.6 is 11.6 Å². The van der Waals surface area contributed by atoms with Crippen molar-refractivity contribution in [3.8, 4) is 0 Å². The third kappa shape index (κ3) is 7.06. The predicted molar refractivity (Wildman–Crippen MR) is 135 cm³/mol. The van der Waals surface area contributed by atoms with Gasteiger partial charge in [0.15, 0.2) is 0 Å². The Kier molecular flexibility index (Phi) is 8.86. The number of carbonyl (C=O) groups is 2. The van der Waals surface area contributed by atoms with E-state index in [1.807, 2.05) is 0 Å². The molecule has 4 rings (SSSR count). The molecule has 1 amide bonds. The molecule has 2 heterocycles. The molecular formula is C27H35ClF3N3O3. The fourth-order valence-corrected chi connectivity index (χ4v) is 6.14. The molecule has 0 bridgehead atoms. The number of aliphatic carboxylic acids is 1. The summed E-state index contributed by atoms with van der Waals surface area (Å²) in [5.41, 5.74) is -0.554. The molecule has 0 aromatic heterocycles. The number of carbonyl (C=O) groups excluding carboxylic acids is 1. The molecule has 2 fully saturated rings. The molecule has 0 radical (unpaired) electrons. The van der Waals surface area contributed by atoms with Crippen LogP contribution in [0.3, 0.4) is 0 Å². The van der Waals surface area contributed by atoms with Gasteiger partial charge in [-0.1, -0.05) is 29.3 Å². The van der Waals surface area contributed by atoms with Gasteiger partial charge in [-0.15, -0.1) is 0 Å². The van der Waals surface area contributed by atoms with E-state index in [1.54, 1.807) is 4.90 Å². The second-order valence-corrected chi connectivity index (χ2v) is 11.1. The number of carboxylic acids is 1. The van der Waals surface area contributed by atoms with Crippen LogP contribution in [0, 0.1) is 5.41 Å². The van der Waals surface area contributed by atoms with Gasteiger partial charge in [0.2, 0.25) is 5.91 Å². The van der Waals surface area contributed by atoms with Crippen molar-refractivity contribution in [2.75, 3.05) is 32.7 Å². The number of likely N-dealkylation sites (tertiary alicyclic amines) is 2. The van der Waals surface area contributed by atoms with E-state index in [-0.39, 0.29) is 48.5 Å². The average Bonchev–Trinajstić information content (AvgIpc) is 3.24. The topological polar surface area (TPSA) is 72.9 Å². The van der Waals surface area contributed by atoms with Crippen molar-refractivity contribution in [2.24, 2.45) is 5.41 Å². The smallest absolute Gasteiger partial charge is 0.416 e. The van der Waals surface area contributed by atoms with Gasteiger partial charge in [0, 0.05) is 43.8 Å². The highest BCUT2D eigenvalue weighted by atomic mass is 35.5. The van der Waals surface area contributed by atoms with Crippen LogP contribution in [0.1, 0.15) is 62.5 Å². The number of hydrogen-bond acceptors (Lipinski definition) is 4. The van der Waals surface area contributed by atoms with Crippen molar-refractivity contribution in [1.29, 1.82) is 0 Å². The number of rotatable bonds is 8. The van der Waals surface area contributed by atoms with E-state index < -0.39 is 23.1 Å². The van der Waals surface area contributed by atoms with Gasteiger partial charge in [0.05, 0.1) is 17.4 Å². The van der Waals surface area contributed by atoms with Gasteiger partial charge in [-0.05, 0) is 69.2 Å². The fraction of sp³-hybridized carbons (Fsp3) is 0.630. The van der Waals surface area contributed by atoms with E-state index in [1.165, 1.54) is 30.5 Å².